The third kappa shape index (κ3) is 6.50. The quantitative estimate of drug-likeness (QED) is 0.184. The van der Waals surface area contributed by atoms with E-state index >= 15 is 0 Å². The molecule has 5 rings (SSSR count). The summed E-state index contributed by atoms with van der Waals surface area (Å²) in [6, 6.07) is 27.9. The van der Waals surface area contributed by atoms with Crippen molar-refractivity contribution in [1.29, 1.82) is 5.41 Å². The number of nitrogens with zero attached hydrogens (tertiary/aromatic N) is 2. The Morgan fingerprint density at radius 1 is 0.929 bits per heavy atom. The molecule has 1 aliphatic rings. The number of carbonyl (C=O) groups is 2. The van der Waals surface area contributed by atoms with Crippen molar-refractivity contribution in [3.8, 4) is 0 Å². The van der Waals surface area contributed by atoms with Crippen molar-refractivity contribution in [2.45, 2.75) is 30.3 Å². The number of likely N-dealkylation sites (tertiary alicyclic amines) is 1. The van der Waals surface area contributed by atoms with Gasteiger partial charge in [0.1, 0.15) is 11.9 Å². The minimum Gasteiger partial charge on any atom is -0.384 e. The minimum absolute atomic E-state index is 0.0266. The van der Waals surface area contributed by atoms with Gasteiger partial charge in [-0.15, -0.1) is 0 Å². The third-order valence-corrected chi connectivity index (χ3v) is 9.28. The molecule has 4 aromatic carbocycles. The second-order valence-electron chi connectivity index (χ2n) is 10.3. The van der Waals surface area contributed by atoms with Gasteiger partial charge in [0.25, 0.3) is 0 Å². The van der Waals surface area contributed by atoms with E-state index in [2.05, 4.69) is 5.32 Å². The van der Waals surface area contributed by atoms with Gasteiger partial charge in [0, 0.05) is 25.2 Å². The molecule has 0 spiro atoms. The number of benzene rings is 4. The van der Waals surface area contributed by atoms with E-state index in [0.717, 1.165) is 26.2 Å². The predicted molar refractivity (Wildman–Crippen MR) is 162 cm³/mol. The number of amides is 2. The highest BCUT2D eigenvalue weighted by molar-refractivity contribution is 7.89. The Hall–Kier alpha value is -4.54. The van der Waals surface area contributed by atoms with Crippen LogP contribution in [-0.2, 0) is 32.6 Å². The topological polar surface area (TPSA) is 137 Å². The fourth-order valence-electron chi connectivity index (χ4n) is 5.22. The summed E-state index contributed by atoms with van der Waals surface area (Å²) in [4.78, 5) is 28.4. The molecular weight excluding hydrogens is 550 g/mol. The average Bonchev–Trinajstić information content (AvgIpc) is 3.35. The first-order valence-corrected chi connectivity index (χ1v) is 15.2. The van der Waals surface area contributed by atoms with Gasteiger partial charge in [-0.3, -0.25) is 15.0 Å². The molecule has 216 valence electrons. The van der Waals surface area contributed by atoms with Crippen LogP contribution in [-0.4, -0.2) is 60.9 Å². The summed E-state index contributed by atoms with van der Waals surface area (Å²) < 4.78 is 29.2. The molecule has 0 unspecified atom stereocenters. The Morgan fingerprint density at radius 3 is 2.40 bits per heavy atom. The maximum absolute atomic E-state index is 14.1. The summed E-state index contributed by atoms with van der Waals surface area (Å²) in [7, 11) is -4.22. The fourth-order valence-corrected chi connectivity index (χ4v) is 6.82. The van der Waals surface area contributed by atoms with E-state index in [-0.39, 0.29) is 29.6 Å². The van der Waals surface area contributed by atoms with Crippen LogP contribution in [0.25, 0.3) is 10.8 Å². The highest BCUT2D eigenvalue weighted by Crippen LogP contribution is 2.28. The first kappa shape index (κ1) is 29.0. The number of nitrogens with one attached hydrogen (secondary N) is 2. The first-order chi connectivity index (χ1) is 20.2. The first-order valence-electron chi connectivity index (χ1n) is 13.8. The van der Waals surface area contributed by atoms with Crippen LogP contribution in [0.5, 0.6) is 0 Å². The van der Waals surface area contributed by atoms with Gasteiger partial charge < -0.3 is 16.0 Å². The molecule has 1 atom stereocenters. The maximum atomic E-state index is 14.1. The van der Waals surface area contributed by atoms with E-state index in [9.17, 15) is 18.0 Å². The van der Waals surface area contributed by atoms with Gasteiger partial charge in [0.05, 0.1) is 11.4 Å². The Bertz CT molecular complexity index is 1730. The molecule has 10 heteroatoms. The molecule has 0 radical (unpaired) electrons. The predicted octanol–water partition coefficient (Wildman–Crippen LogP) is 3.27. The highest BCUT2D eigenvalue weighted by atomic mass is 32.2. The summed E-state index contributed by atoms with van der Waals surface area (Å²) >= 11 is 0. The monoisotopic (exact) mass is 583 g/mol. The Labute approximate surface area is 245 Å². The molecule has 42 heavy (non-hydrogen) atoms. The van der Waals surface area contributed by atoms with Crippen molar-refractivity contribution in [3.63, 3.8) is 0 Å². The van der Waals surface area contributed by atoms with Crippen molar-refractivity contribution in [1.82, 2.24) is 14.5 Å². The van der Waals surface area contributed by atoms with Crippen LogP contribution in [0.15, 0.2) is 102 Å². The molecular formula is C32H33N5O4S. The number of sulfonamides is 1. The second kappa shape index (κ2) is 12.5. The Kier molecular flexibility index (Phi) is 8.65. The molecule has 1 fully saturated rings. The molecule has 1 saturated heterocycles. The third-order valence-electron chi connectivity index (χ3n) is 7.43. The Morgan fingerprint density at radius 2 is 1.64 bits per heavy atom. The zero-order valence-electron chi connectivity index (χ0n) is 23.1. The summed E-state index contributed by atoms with van der Waals surface area (Å²) in [6.07, 6.45) is 0.842. The van der Waals surface area contributed by atoms with Crippen LogP contribution in [0.4, 0.5) is 0 Å². The maximum Gasteiger partial charge on any atom is 0.244 e. The number of rotatable bonds is 11. The van der Waals surface area contributed by atoms with E-state index in [1.54, 1.807) is 35.2 Å². The number of nitrogen functional groups attached to an aromatic ring is 1. The van der Waals surface area contributed by atoms with Crippen LogP contribution in [0, 0.1) is 5.41 Å². The largest absolute Gasteiger partial charge is 0.384 e. The molecule has 4 N–H and O–H groups in total. The molecule has 2 amide bonds. The molecule has 0 saturated carbocycles. The van der Waals surface area contributed by atoms with Gasteiger partial charge in [0.15, 0.2) is 0 Å². The summed E-state index contributed by atoms with van der Waals surface area (Å²) in [5.41, 5.74) is 8.00. The van der Waals surface area contributed by atoms with Crippen molar-refractivity contribution < 1.29 is 18.0 Å². The number of nitrogens with two attached hydrogens (primary N) is 1. The van der Waals surface area contributed by atoms with Gasteiger partial charge >= 0.3 is 0 Å². The molecule has 4 aromatic rings. The number of hydrogen-bond donors (Lipinski definition) is 3. The summed E-state index contributed by atoms with van der Waals surface area (Å²) in [5, 5.41) is 12.1. The van der Waals surface area contributed by atoms with Gasteiger partial charge in [-0.2, -0.15) is 4.31 Å². The van der Waals surface area contributed by atoms with Crippen molar-refractivity contribution in [2.75, 3.05) is 19.6 Å². The molecule has 1 heterocycles. The zero-order chi connectivity index (χ0) is 29.7. The van der Waals surface area contributed by atoms with Crippen molar-refractivity contribution in [2.24, 2.45) is 5.73 Å². The fraction of sp³-hybridized carbons (Fsp3) is 0.219. The van der Waals surface area contributed by atoms with Gasteiger partial charge in [-0.05, 0) is 52.9 Å². The van der Waals surface area contributed by atoms with Crippen molar-refractivity contribution in [3.05, 3.63) is 114 Å². The molecule has 9 nitrogen and oxygen atoms in total. The van der Waals surface area contributed by atoms with Crippen LogP contribution in [0.2, 0.25) is 0 Å². The molecule has 1 aliphatic heterocycles. The number of amidine groups is 1. The number of fused-ring (bicyclic) bond motifs is 1. The highest BCUT2D eigenvalue weighted by Gasteiger charge is 2.42. The van der Waals surface area contributed by atoms with Gasteiger partial charge in [-0.1, -0.05) is 78.9 Å². The van der Waals surface area contributed by atoms with Gasteiger partial charge in [-0.25, -0.2) is 8.42 Å². The normalized spacial score (nSPS) is 15.3. The zero-order valence-corrected chi connectivity index (χ0v) is 23.9. The Balaban J connectivity index is 1.38. The SMILES string of the molecule is N=C(N)c1cccc(CN2CC[C@H](N(CC(=O)NCCc3ccccc3)S(=O)(=O)c3ccc4ccccc4c3)C2=O)c1. The van der Waals surface area contributed by atoms with E-state index in [1.165, 1.54) is 6.07 Å². The summed E-state index contributed by atoms with van der Waals surface area (Å²) in [5.74, 6) is -0.922. The summed E-state index contributed by atoms with van der Waals surface area (Å²) in [6.45, 7) is 0.425. The van der Waals surface area contributed by atoms with Crippen LogP contribution < -0.4 is 11.1 Å². The van der Waals surface area contributed by atoms with E-state index in [0.29, 0.717) is 25.1 Å². The van der Waals surface area contributed by atoms with Crippen molar-refractivity contribution >= 4 is 38.4 Å². The second-order valence-corrected chi connectivity index (χ2v) is 12.2. The lowest BCUT2D eigenvalue weighted by Gasteiger charge is -2.27. The van der Waals surface area contributed by atoms with Crippen LogP contribution in [0.3, 0.4) is 0 Å². The van der Waals surface area contributed by atoms with E-state index in [4.69, 9.17) is 11.1 Å². The lowest BCUT2D eigenvalue weighted by atomic mass is 10.1. The number of hydrogen-bond acceptors (Lipinski definition) is 5. The van der Waals surface area contributed by atoms with Gasteiger partial charge in [0.2, 0.25) is 21.8 Å². The standard InChI is InChI=1S/C32H33N5O4S/c33-31(34)27-12-6-9-24(19-27)21-36-18-16-29(32(36)39)37(22-30(38)35-17-15-23-7-2-1-3-8-23)42(40,41)28-14-13-25-10-4-5-11-26(25)20-28/h1-14,19-20,29H,15-18,21-22H2,(H3,33,34)(H,35,38)/t29-/m0/s1. The lowest BCUT2D eigenvalue weighted by Crippen LogP contribution is -2.49. The lowest BCUT2D eigenvalue weighted by molar-refractivity contribution is -0.131. The number of carbonyl (C=O) groups excluding carboxylic acids is 2. The average molecular weight is 584 g/mol. The van der Waals surface area contributed by atoms with Crippen LogP contribution in [0.1, 0.15) is 23.1 Å². The minimum atomic E-state index is -4.22. The van der Waals surface area contributed by atoms with E-state index in [1.807, 2.05) is 60.7 Å². The molecule has 0 bridgehead atoms. The smallest absolute Gasteiger partial charge is 0.244 e. The van der Waals surface area contributed by atoms with E-state index < -0.39 is 28.5 Å². The van der Waals surface area contributed by atoms with Crippen LogP contribution >= 0.6 is 0 Å². The molecule has 0 aliphatic carbocycles. The molecule has 0 aromatic heterocycles.